The summed E-state index contributed by atoms with van der Waals surface area (Å²) in [6, 6.07) is 6.15. The number of para-hydroxylation sites is 2. The molecule has 0 radical (unpaired) electrons. The Kier molecular flexibility index (Phi) is 4.94. The van der Waals surface area contributed by atoms with Gasteiger partial charge in [-0.1, -0.05) is 12.1 Å². The van der Waals surface area contributed by atoms with Gasteiger partial charge in [0.25, 0.3) is 0 Å². The van der Waals surface area contributed by atoms with E-state index in [2.05, 4.69) is 4.74 Å². The molecular formula is C8H12O3. The summed E-state index contributed by atoms with van der Waals surface area (Å²) in [7, 11) is 3.25. The minimum Gasteiger partial charge on any atom is -0.504 e. The normalized spacial score (nSPS) is 8.18. The van der Waals surface area contributed by atoms with Crippen LogP contribution in [0.15, 0.2) is 24.3 Å². The van der Waals surface area contributed by atoms with E-state index in [-0.39, 0.29) is 11.5 Å². The van der Waals surface area contributed by atoms with E-state index in [0.29, 0.717) is 0 Å². The molecule has 0 bridgehead atoms. The predicted octanol–water partition coefficient (Wildman–Crippen LogP) is 1.36. The molecule has 0 aliphatic heterocycles. The van der Waals surface area contributed by atoms with Gasteiger partial charge in [-0.3, -0.25) is 0 Å². The summed E-state index contributed by atoms with van der Waals surface area (Å²) < 4.78 is 4.25. The van der Waals surface area contributed by atoms with Crippen LogP contribution in [0.4, 0.5) is 0 Å². The van der Waals surface area contributed by atoms with E-state index < -0.39 is 0 Å². The van der Waals surface area contributed by atoms with E-state index in [1.54, 1.807) is 26.4 Å². The molecule has 0 fully saturated rings. The Morgan fingerprint density at radius 3 is 1.45 bits per heavy atom. The zero-order valence-corrected chi connectivity index (χ0v) is 6.61. The van der Waals surface area contributed by atoms with Crippen LogP contribution in [-0.4, -0.2) is 24.4 Å². The van der Waals surface area contributed by atoms with Crippen LogP contribution in [0, 0.1) is 0 Å². The van der Waals surface area contributed by atoms with Gasteiger partial charge in [-0.05, 0) is 12.1 Å². The highest BCUT2D eigenvalue weighted by Gasteiger charge is 1.90. The molecular weight excluding hydrogens is 144 g/mol. The SMILES string of the molecule is COC.Oc1ccccc1O. The minimum absolute atomic E-state index is 0.0764. The summed E-state index contributed by atoms with van der Waals surface area (Å²) in [6.45, 7) is 0. The maximum Gasteiger partial charge on any atom is 0.157 e. The number of rotatable bonds is 0. The molecule has 0 aliphatic rings. The average Bonchev–Trinajstić information content (AvgIpc) is 1.97. The molecule has 1 aromatic rings. The quantitative estimate of drug-likeness (QED) is 0.557. The first-order valence-electron chi connectivity index (χ1n) is 3.09. The molecule has 0 aromatic heterocycles. The summed E-state index contributed by atoms with van der Waals surface area (Å²) in [5.74, 6) is -0.153. The fourth-order valence-electron chi connectivity index (χ4n) is 0.464. The Morgan fingerprint density at radius 1 is 1.00 bits per heavy atom. The highest BCUT2D eigenvalue weighted by molar-refractivity contribution is 5.36. The standard InChI is InChI=1S/C6H6O2.C2H6O/c7-5-3-1-2-4-6(5)8;1-3-2/h1-4,7-8H;1-2H3. The molecule has 62 valence electrons. The highest BCUT2D eigenvalue weighted by Crippen LogP contribution is 2.21. The van der Waals surface area contributed by atoms with Crippen molar-refractivity contribution in [1.29, 1.82) is 0 Å². The third kappa shape index (κ3) is 4.22. The molecule has 1 aromatic carbocycles. The summed E-state index contributed by atoms with van der Waals surface area (Å²) in [5.41, 5.74) is 0. The average molecular weight is 156 g/mol. The van der Waals surface area contributed by atoms with Crippen LogP contribution >= 0.6 is 0 Å². The van der Waals surface area contributed by atoms with Crippen molar-refractivity contribution in [2.45, 2.75) is 0 Å². The zero-order valence-electron chi connectivity index (χ0n) is 6.61. The molecule has 2 N–H and O–H groups in total. The number of hydrogen-bond acceptors (Lipinski definition) is 3. The van der Waals surface area contributed by atoms with E-state index >= 15 is 0 Å². The fourth-order valence-corrected chi connectivity index (χ4v) is 0.464. The van der Waals surface area contributed by atoms with Gasteiger partial charge in [-0.15, -0.1) is 0 Å². The fraction of sp³-hybridized carbons (Fsp3) is 0.250. The second kappa shape index (κ2) is 5.56. The maximum absolute atomic E-state index is 8.67. The number of ether oxygens (including phenoxy) is 1. The van der Waals surface area contributed by atoms with Gasteiger partial charge in [0, 0.05) is 14.2 Å². The van der Waals surface area contributed by atoms with E-state index in [1.165, 1.54) is 12.1 Å². The van der Waals surface area contributed by atoms with Crippen molar-refractivity contribution >= 4 is 0 Å². The molecule has 11 heavy (non-hydrogen) atoms. The first-order chi connectivity index (χ1) is 5.22. The van der Waals surface area contributed by atoms with Crippen molar-refractivity contribution in [2.24, 2.45) is 0 Å². The van der Waals surface area contributed by atoms with Crippen LogP contribution in [0.25, 0.3) is 0 Å². The van der Waals surface area contributed by atoms with Crippen LogP contribution in [0.5, 0.6) is 11.5 Å². The Morgan fingerprint density at radius 2 is 1.27 bits per heavy atom. The first-order valence-corrected chi connectivity index (χ1v) is 3.09. The van der Waals surface area contributed by atoms with Crippen LogP contribution in [-0.2, 0) is 4.74 Å². The smallest absolute Gasteiger partial charge is 0.157 e. The van der Waals surface area contributed by atoms with E-state index in [9.17, 15) is 0 Å². The number of phenols is 2. The molecule has 0 amide bonds. The van der Waals surface area contributed by atoms with Gasteiger partial charge in [0.2, 0.25) is 0 Å². The molecule has 0 atom stereocenters. The molecule has 0 aliphatic carbocycles. The van der Waals surface area contributed by atoms with Gasteiger partial charge in [-0.2, -0.15) is 0 Å². The topological polar surface area (TPSA) is 49.7 Å². The summed E-state index contributed by atoms with van der Waals surface area (Å²) >= 11 is 0. The van der Waals surface area contributed by atoms with Gasteiger partial charge in [-0.25, -0.2) is 0 Å². The molecule has 3 heteroatoms. The van der Waals surface area contributed by atoms with Crippen molar-refractivity contribution in [3.8, 4) is 11.5 Å². The van der Waals surface area contributed by atoms with Crippen molar-refractivity contribution < 1.29 is 14.9 Å². The third-order valence-corrected chi connectivity index (χ3v) is 0.882. The third-order valence-electron chi connectivity index (χ3n) is 0.882. The van der Waals surface area contributed by atoms with Crippen LogP contribution in [0.3, 0.4) is 0 Å². The maximum atomic E-state index is 8.67. The Labute approximate surface area is 65.9 Å². The van der Waals surface area contributed by atoms with Crippen molar-refractivity contribution in [1.82, 2.24) is 0 Å². The number of benzene rings is 1. The second-order valence-corrected chi connectivity index (χ2v) is 1.90. The zero-order chi connectivity index (χ0) is 8.69. The largest absolute Gasteiger partial charge is 0.504 e. The molecule has 0 unspecified atom stereocenters. The lowest BCUT2D eigenvalue weighted by atomic mass is 10.3. The minimum atomic E-state index is -0.0764. The van der Waals surface area contributed by atoms with E-state index in [4.69, 9.17) is 10.2 Å². The summed E-state index contributed by atoms with van der Waals surface area (Å²) in [6.07, 6.45) is 0. The molecule has 0 heterocycles. The van der Waals surface area contributed by atoms with Gasteiger partial charge >= 0.3 is 0 Å². The molecule has 1 rings (SSSR count). The Hall–Kier alpha value is -1.22. The number of methoxy groups -OCH3 is 1. The molecule has 0 saturated heterocycles. The van der Waals surface area contributed by atoms with Crippen LogP contribution in [0.1, 0.15) is 0 Å². The van der Waals surface area contributed by atoms with Gasteiger partial charge < -0.3 is 14.9 Å². The summed E-state index contributed by atoms with van der Waals surface area (Å²) in [5, 5.41) is 17.3. The summed E-state index contributed by atoms with van der Waals surface area (Å²) in [4.78, 5) is 0. The van der Waals surface area contributed by atoms with Gasteiger partial charge in [0.15, 0.2) is 11.5 Å². The monoisotopic (exact) mass is 156 g/mol. The highest BCUT2D eigenvalue weighted by atomic mass is 16.4. The van der Waals surface area contributed by atoms with Crippen molar-refractivity contribution in [3.63, 3.8) is 0 Å². The number of phenolic OH excluding ortho intramolecular Hbond substituents is 2. The first kappa shape index (κ1) is 9.78. The molecule has 0 saturated carbocycles. The van der Waals surface area contributed by atoms with E-state index in [0.717, 1.165) is 0 Å². The number of aromatic hydroxyl groups is 2. The van der Waals surface area contributed by atoms with Crippen LogP contribution < -0.4 is 0 Å². The lowest BCUT2D eigenvalue weighted by Crippen LogP contribution is -1.63. The van der Waals surface area contributed by atoms with Gasteiger partial charge in [0.1, 0.15) is 0 Å². The van der Waals surface area contributed by atoms with Crippen LogP contribution in [0.2, 0.25) is 0 Å². The van der Waals surface area contributed by atoms with E-state index in [1.807, 2.05) is 0 Å². The van der Waals surface area contributed by atoms with Crippen molar-refractivity contribution in [3.05, 3.63) is 24.3 Å². The lowest BCUT2D eigenvalue weighted by molar-refractivity contribution is 0.277. The molecule has 3 nitrogen and oxygen atoms in total. The number of hydrogen-bond donors (Lipinski definition) is 2. The Bertz CT molecular complexity index is 177. The predicted molar refractivity (Wildman–Crippen MR) is 42.7 cm³/mol. The lowest BCUT2D eigenvalue weighted by Gasteiger charge is -1.91. The second-order valence-electron chi connectivity index (χ2n) is 1.90. The van der Waals surface area contributed by atoms with Crippen molar-refractivity contribution in [2.75, 3.05) is 14.2 Å². The molecule has 0 spiro atoms. The Balaban J connectivity index is 0.000000292. The van der Waals surface area contributed by atoms with Gasteiger partial charge in [0.05, 0.1) is 0 Å².